The molecular weight excluding hydrogens is 261 g/mol. The number of nitrogens with zero attached hydrogens (tertiary/aromatic N) is 3. The minimum absolute atomic E-state index is 0.112. The molecule has 2 aromatic rings. The van der Waals surface area contributed by atoms with Gasteiger partial charge in [0.05, 0.1) is 17.3 Å². The van der Waals surface area contributed by atoms with Crippen LogP contribution in [-0.2, 0) is 4.94 Å². The first-order valence-electron chi connectivity index (χ1n) is 6.06. The zero-order chi connectivity index (χ0) is 15.1. The molecule has 104 valence electrons. The molecule has 0 amide bonds. The smallest absolute Gasteiger partial charge is 0.247 e. The van der Waals surface area contributed by atoms with E-state index in [4.69, 9.17) is 5.26 Å². The van der Waals surface area contributed by atoms with E-state index in [1.54, 1.807) is 31.2 Å². The maximum absolute atomic E-state index is 11.8. The lowest BCUT2D eigenvalue weighted by molar-refractivity contribution is -0.0793. The predicted octanol–water partition coefficient (Wildman–Crippen LogP) is 3.12. The highest BCUT2D eigenvalue weighted by Gasteiger charge is 2.15. The third-order valence-corrected chi connectivity index (χ3v) is 2.41. The lowest BCUT2D eigenvalue weighted by Gasteiger charge is -2.03. The van der Waals surface area contributed by atoms with Crippen LogP contribution in [0.5, 0.6) is 0 Å². The number of aromatic nitrogens is 2. The maximum Gasteiger partial charge on any atom is 0.399 e. The lowest BCUT2D eigenvalue weighted by atomic mass is 10.2. The molecule has 5 nitrogen and oxygen atoms in total. The summed E-state index contributed by atoms with van der Waals surface area (Å²) in [5.41, 5.74) is 1.73. The molecule has 0 saturated heterocycles. The molecule has 0 N–H and O–H groups in total. The van der Waals surface area contributed by atoms with Gasteiger partial charge in [-0.1, -0.05) is 13.8 Å². The minimum atomic E-state index is -1.13. The van der Waals surface area contributed by atoms with Crippen molar-refractivity contribution in [3.05, 3.63) is 47.3 Å². The summed E-state index contributed by atoms with van der Waals surface area (Å²) in [6.07, 6.45) is 0. The topological polar surface area (TPSA) is 67.9 Å². The van der Waals surface area contributed by atoms with Gasteiger partial charge in [0.15, 0.2) is 5.69 Å². The van der Waals surface area contributed by atoms with E-state index in [1.807, 2.05) is 19.9 Å². The molecule has 0 unspecified atom stereocenters. The first kappa shape index (κ1) is 15.4. The first-order valence-corrected chi connectivity index (χ1v) is 6.06. The van der Waals surface area contributed by atoms with Crippen LogP contribution in [0.15, 0.2) is 30.3 Å². The van der Waals surface area contributed by atoms with Crippen molar-refractivity contribution in [2.45, 2.75) is 20.8 Å². The summed E-state index contributed by atoms with van der Waals surface area (Å²) in [6.45, 7) is 5.72. The quantitative estimate of drug-likeness (QED) is 0.844. The fourth-order valence-corrected chi connectivity index (χ4v) is 1.55. The maximum atomic E-state index is 11.8. The largest absolute Gasteiger partial charge is 0.399 e. The van der Waals surface area contributed by atoms with Crippen LogP contribution in [-0.4, -0.2) is 15.7 Å². The summed E-state index contributed by atoms with van der Waals surface area (Å²) >= 11 is 0. The first-order chi connectivity index (χ1) is 9.65. The van der Waals surface area contributed by atoms with Crippen LogP contribution in [0.25, 0.3) is 5.69 Å². The normalized spacial score (nSPS) is 9.15. The van der Waals surface area contributed by atoms with E-state index in [0.29, 0.717) is 16.9 Å². The van der Waals surface area contributed by atoms with Gasteiger partial charge in [-0.25, -0.2) is 14.4 Å². The van der Waals surface area contributed by atoms with E-state index in [1.165, 1.54) is 10.7 Å². The standard InChI is InChI=1S/C12H8FN3O2.C2H6/c1-8-6-11(12(17)18-13)15-16(8)10-4-2-9(7-14)3-5-10;1-2/h2-6H,1H3;1-2H3. The molecule has 0 aliphatic carbocycles. The molecular formula is C14H14FN3O2. The van der Waals surface area contributed by atoms with Gasteiger partial charge in [-0.15, -0.1) is 0 Å². The van der Waals surface area contributed by atoms with Crippen LogP contribution in [0, 0.1) is 18.3 Å². The molecule has 0 bridgehead atoms. The van der Waals surface area contributed by atoms with Crippen molar-refractivity contribution < 1.29 is 14.3 Å². The number of benzene rings is 1. The molecule has 0 radical (unpaired) electrons. The molecule has 0 aliphatic rings. The lowest BCUT2D eigenvalue weighted by Crippen LogP contribution is -2.03. The Morgan fingerprint density at radius 2 is 1.95 bits per heavy atom. The summed E-state index contributed by atoms with van der Waals surface area (Å²) in [5, 5.41) is 12.6. The van der Waals surface area contributed by atoms with Gasteiger partial charge >= 0.3 is 5.97 Å². The number of carbonyl (C=O) groups excluding carboxylic acids is 1. The second-order valence-corrected chi connectivity index (χ2v) is 3.61. The van der Waals surface area contributed by atoms with Crippen LogP contribution in [0.1, 0.15) is 35.6 Å². The van der Waals surface area contributed by atoms with Crippen molar-refractivity contribution in [3.63, 3.8) is 0 Å². The van der Waals surface area contributed by atoms with Crippen molar-refractivity contribution in [2.75, 3.05) is 0 Å². The molecule has 1 aromatic heterocycles. The monoisotopic (exact) mass is 275 g/mol. The van der Waals surface area contributed by atoms with Gasteiger partial charge in [-0.3, -0.25) is 0 Å². The summed E-state index contributed by atoms with van der Waals surface area (Å²) in [5.74, 6) is -1.13. The van der Waals surface area contributed by atoms with Crippen molar-refractivity contribution in [2.24, 2.45) is 0 Å². The van der Waals surface area contributed by atoms with Gasteiger partial charge < -0.3 is 0 Å². The van der Waals surface area contributed by atoms with Gasteiger partial charge in [0.1, 0.15) is 0 Å². The van der Waals surface area contributed by atoms with Crippen LogP contribution in [0.2, 0.25) is 0 Å². The molecule has 0 aliphatic heterocycles. The number of nitriles is 1. The number of carbonyl (C=O) groups is 1. The van der Waals surface area contributed by atoms with E-state index < -0.39 is 5.97 Å². The zero-order valence-corrected chi connectivity index (χ0v) is 11.4. The van der Waals surface area contributed by atoms with Gasteiger partial charge in [-0.2, -0.15) is 10.4 Å². The fraction of sp³-hybridized carbons (Fsp3) is 0.214. The van der Waals surface area contributed by atoms with E-state index in [0.717, 1.165) is 0 Å². The highest BCUT2D eigenvalue weighted by atomic mass is 19.3. The highest BCUT2D eigenvalue weighted by Crippen LogP contribution is 2.13. The average Bonchev–Trinajstić information content (AvgIpc) is 2.90. The third kappa shape index (κ3) is 3.20. The summed E-state index contributed by atoms with van der Waals surface area (Å²) in [7, 11) is 0. The summed E-state index contributed by atoms with van der Waals surface area (Å²) in [6, 6.07) is 10.0. The van der Waals surface area contributed by atoms with E-state index in [-0.39, 0.29) is 5.69 Å². The highest BCUT2D eigenvalue weighted by molar-refractivity contribution is 5.86. The van der Waals surface area contributed by atoms with Gasteiger partial charge in [0.2, 0.25) is 0 Å². The molecule has 6 heteroatoms. The number of aryl methyl sites for hydroxylation is 1. The van der Waals surface area contributed by atoms with E-state index in [2.05, 4.69) is 10.0 Å². The minimum Gasteiger partial charge on any atom is -0.247 e. The Hall–Kier alpha value is -2.68. The predicted molar refractivity (Wildman–Crippen MR) is 70.9 cm³/mol. The Morgan fingerprint density at radius 3 is 2.45 bits per heavy atom. The van der Waals surface area contributed by atoms with Crippen molar-refractivity contribution in [1.82, 2.24) is 9.78 Å². The molecule has 0 spiro atoms. The van der Waals surface area contributed by atoms with Crippen molar-refractivity contribution in [1.29, 1.82) is 5.26 Å². The Balaban J connectivity index is 0.000000956. The molecule has 0 atom stereocenters. The fourth-order valence-electron chi connectivity index (χ4n) is 1.55. The Kier molecular flexibility index (Phi) is 5.42. The average molecular weight is 275 g/mol. The summed E-state index contributed by atoms with van der Waals surface area (Å²) in [4.78, 5) is 14.1. The van der Waals surface area contributed by atoms with E-state index in [9.17, 15) is 9.32 Å². The van der Waals surface area contributed by atoms with Crippen molar-refractivity contribution >= 4 is 5.97 Å². The Morgan fingerprint density at radius 1 is 1.35 bits per heavy atom. The van der Waals surface area contributed by atoms with E-state index >= 15 is 0 Å². The van der Waals surface area contributed by atoms with Gasteiger partial charge in [-0.05, 0) is 37.3 Å². The molecule has 20 heavy (non-hydrogen) atoms. The van der Waals surface area contributed by atoms with Crippen LogP contribution in [0.4, 0.5) is 4.53 Å². The van der Waals surface area contributed by atoms with Gasteiger partial charge in [0.25, 0.3) is 0 Å². The van der Waals surface area contributed by atoms with Crippen molar-refractivity contribution in [3.8, 4) is 11.8 Å². The second kappa shape index (κ2) is 7.04. The number of halogens is 1. The number of hydrogen-bond acceptors (Lipinski definition) is 4. The zero-order valence-electron chi connectivity index (χ0n) is 11.4. The Bertz CT molecular complexity index is 627. The molecule has 1 heterocycles. The van der Waals surface area contributed by atoms with Crippen LogP contribution >= 0.6 is 0 Å². The molecule has 1 aromatic carbocycles. The molecule has 2 rings (SSSR count). The summed E-state index contributed by atoms with van der Waals surface area (Å²) < 4.78 is 13.2. The van der Waals surface area contributed by atoms with Crippen LogP contribution in [0.3, 0.4) is 0 Å². The Labute approximate surface area is 116 Å². The number of rotatable bonds is 2. The van der Waals surface area contributed by atoms with Crippen LogP contribution < -0.4 is 0 Å². The molecule has 0 saturated carbocycles. The second-order valence-electron chi connectivity index (χ2n) is 3.61. The third-order valence-electron chi connectivity index (χ3n) is 2.41. The van der Waals surface area contributed by atoms with Gasteiger partial charge in [0, 0.05) is 10.2 Å². The SMILES string of the molecule is CC.Cc1cc(C(=O)OF)nn1-c1ccc(C#N)cc1. The molecule has 0 fully saturated rings. The number of hydrogen-bond donors (Lipinski definition) is 0.